The van der Waals surface area contributed by atoms with Gasteiger partial charge in [-0.2, -0.15) is 0 Å². The normalized spacial score (nSPS) is 15.5. The van der Waals surface area contributed by atoms with Gasteiger partial charge in [-0.15, -0.1) is 0 Å². The van der Waals surface area contributed by atoms with Gasteiger partial charge in [0.25, 0.3) is 5.91 Å². The van der Waals surface area contributed by atoms with Gasteiger partial charge >= 0.3 is 0 Å². The fourth-order valence-corrected chi connectivity index (χ4v) is 3.45. The van der Waals surface area contributed by atoms with Gasteiger partial charge in [-0.1, -0.05) is 24.3 Å². The van der Waals surface area contributed by atoms with Gasteiger partial charge in [-0.3, -0.25) is 9.69 Å². The third kappa shape index (κ3) is 3.99. The highest BCUT2D eigenvalue weighted by molar-refractivity contribution is 5.92. The Morgan fingerprint density at radius 3 is 2.89 bits per heavy atom. The molecule has 0 bridgehead atoms. The van der Waals surface area contributed by atoms with Crippen molar-refractivity contribution < 1.29 is 14.3 Å². The van der Waals surface area contributed by atoms with Crippen LogP contribution in [-0.2, 0) is 13.0 Å². The van der Waals surface area contributed by atoms with Crippen molar-refractivity contribution in [2.75, 3.05) is 19.6 Å². The van der Waals surface area contributed by atoms with Gasteiger partial charge in [0.1, 0.15) is 17.2 Å². The first-order valence-corrected chi connectivity index (χ1v) is 8.98. The van der Waals surface area contributed by atoms with E-state index in [1.54, 1.807) is 0 Å². The molecule has 0 fully saturated rings. The number of imidazole rings is 1. The van der Waals surface area contributed by atoms with E-state index in [2.05, 4.69) is 27.3 Å². The molecule has 6 nitrogen and oxygen atoms in total. The largest absolute Gasteiger partial charge is 0.390 e. The molecule has 1 amide bonds. The van der Waals surface area contributed by atoms with Crippen molar-refractivity contribution in [1.29, 1.82) is 0 Å². The Morgan fingerprint density at radius 1 is 1.22 bits per heavy atom. The Kier molecular flexibility index (Phi) is 4.87. The lowest BCUT2D eigenvalue weighted by molar-refractivity contribution is 0.0838. The standard InChI is InChI=1S/C20H21FN4O2/c21-16-5-6-19-23-18(13-25(19)11-16)20(27)22-9-17(26)12-24-8-7-14-3-1-2-4-15(14)10-24/h1-6,11,13,17,26H,7-10,12H2,(H,22,27)/t17-/m1/s1. The van der Waals surface area contributed by atoms with Gasteiger partial charge in [-0.05, 0) is 29.7 Å². The molecular formula is C20H21FN4O2. The van der Waals surface area contributed by atoms with Gasteiger partial charge in [0.15, 0.2) is 0 Å². The Hall–Kier alpha value is -2.77. The number of amides is 1. The second-order valence-electron chi connectivity index (χ2n) is 6.86. The smallest absolute Gasteiger partial charge is 0.271 e. The minimum atomic E-state index is -0.673. The van der Waals surface area contributed by atoms with Crippen LogP contribution in [-0.4, -0.2) is 51.0 Å². The van der Waals surface area contributed by atoms with E-state index < -0.39 is 11.9 Å². The van der Waals surface area contributed by atoms with E-state index in [0.717, 1.165) is 19.5 Å². The highest BCUT2D eigenvalue weighted by Crippen LogP contribution is 2.18. The lowest BCUT2D eigenvalue weighted by Gasteiger charge is -2.30. The molecule has 3 aromatic rings. The van der Waals surface area contributed by atoms with Crippen LogP contribution in [0, 0.1) is 5.82 Å². The summed E-state index contributed by atoms with van der Waals surface area (Å²) >= 11 is 0. The number of benzene rings is 1. The number of halogens is 1. The predicted octanol–water partition coefficient (Wildman–Crippen LogP) is 1.62. The summed E-state index contributed by atoms with van der Waals surface area (Å²) in [7, 11) is 0. The second-order valence-corrected chi connectivity index (χ2v) is 6.86. The fraction of sp³-hybridized carbons (Fsp3) is 0.300. The van der Waals surface area contributed by atoms with Gasteiger partial charge in [0.2, 0.25) is 0 Å². The van der Waals surface area contributed by atoms with Crippen molar-refractivity contribution in [2.45, 2.75) is 19.1 Å². The van der Waals surface area contributed by atoms with Crippen LogP contribution in [0.5, 0.6) is 0 Å². The van der Waals surface area contributed by atoms with Crippen LogP contribution in [0.3, 0.4) is 0 Å². The molecule has 0 unspecified atom stereocenters. The summed E-state index contributed by atoms with van der Waals surface area (Å²) in [5.74, 6) is -0.785. The van der Waals surface area contributed by atoms with E-state index in [9.17, 15) is 14.3 Å². The zero-order chi connectivity index (χ0) is 18.8. The molecule has 3 heterocycles. The van der Waals surface area contributed by atoms with Crippen molar-refractivity contribution >= 4 is 11.6 Å². The topological polar surface area (TPSA) is 69.9 Å². The van der Waals surface area contributed by atoms with Crippen molar-refractivity contribution in [1.82, 2.24) is 19.6 Å². The number of nitrogens with zero attached hydrogens (tertiary/aromatic N) is 3. The highest BCUT2D eigenvalue weighted by atomic mass is 19.1. The minimum absolute atomic E-state index is 0.138. The van der Waals surface area contributed by atoms with E-state index in [-0.39, 0.29) is 18.1 Å². The average molecular weight is 368 g/mol. The number of aliphatic hydroxyl groups excluding tert-OH is 1. The van der Waals surface area contributed by atoms with Crippen LogP contribution in [0.15, 0.2) is 48.8 Å². The molecule has 2 aromatic heterocycles. The Labute approximate surface area is 156 Å². The van der Waals surface area contributed by atoms with Crippen molar-refractivity contribution in [3.63, 3.8) is 0 Å². The molecule has 1 aliphatic heterocycles. The van der Waals surface area contributed by atoms with Crippen molar-refractivity contribution in [3.05, 3.63) is 71.4 Å². The molecule has 2 N–H and O–H groups in total. The van der Waals surface area contributed by atoms with Crippen LogP contribution in [0.1, 0.15) is 21.6 Å². The summed E-state index contributed by atoms with van der Waals surface area (Å²) in [5, 5.41) is 13.0. The number of aliphatic hydroxyl groups is 1. The number of hydrogen-bond acceptors (Lipinski definition) is 4. The third-order valence-corrected chi connectivity index (χ3v) is 4.82. The number of carbonyl (C=O) groups is 1. The monoisotopic (exact) mass is 368 g/mol. The molecule has 0 saturated heterocycles. The number of hydrogen-bond donors (Lipinski definition) is 2. The molecule has 1 aliphatic rings. The first kappa shape index (κ1) is 17.6. The molecule has 1 atom stereocenters. The Bertz CT molecular complexity index is 972. The number of pyridine rings is 1. The highest BCUT2D eigenvalue weighted by Gasteiger charge is 2.19. The molecule has 140 valence electrons. The average Bonchev–Trinajstić information content (AvgIpc) is 3.09. The lowest BCUT2D eigenvalue weighted by Crippen LogP contribution is -2.42. The first-order valence-electron chi connectivity index (χ1n) is 8.98. The first-order chi connectivity index (χ1) is 13.1. The maximum atomic E-state index is 13.2. The maximum Gasteiger partial charge on any atom is 0.271 e. The molecule has 0 radical (unpaired) electrons. The van der Waals surface area contributed by atoms with Crippen molar-refractivity contribution in [2.24, 2.45) is 0 Å². The number of fused-ring (bicyclic) bond motifs is 2. The molecule has 27 heavy (non-hydrogen) atoms. The molecule has 1 aromatic carbocycles. The summed E-state index contributed by atoms with van der Waals surface area (Å²) in [4.78, 5) is 18.6. The van der Waals surface area contributed by atoms with E-state index in [1.807, 2.05) is 12.1 Å². The van der Waals surface area contributed by atoms with Crippen molar-refractivity contribution in [3.8, 4) is 0 Å². The summed E-state index contributed by atoms with van der Waals surface area (Å²) in [6, 6.07) is 11.1. The lowest BCUT2D eigenvalue weighted by atomic mass is 10.00. The number of β-amino-alcohol motifs (C(OH)–C–C–N with tert-alkyl or cyclic N) is 1. The fourth-order valence-electron chi connectivity index (χ4n) is 3.45. The van der Waals surface area contributed by atoms with Crippen LogP contribution in [0.4, 0.5) is 4.39 Å². The summed E-state index contributed by atoms with van der Waals surface area (Å²) < 4.78 is 14.7. The molecule has 0 spiro atoms. The molecular weight excluding hydrogens is 347 g/mol. The van der Waals surface area contributed by atoms with E-state index in [1.165, 1.54) is 40.1 Å². The number of aromatic nitrogens is 2. The predicted molar refractivity (Wildman–Crippen MR) is 98.9 cm³/mol. The molecule has 0 aliphatic carbocycles. The number of carbonyl (C=O) groups excluding carboxylic acids is 1. The van der Waals surface area contributed by atoms with Crippen LogP contribution in [0.2, 0.25) is 0 Å². The Balaban J connectivity index is 1.31. The third-order valence-electron chi connectivity index (χ3n) is 4.82. The zero-order valence-electron chi connectivity index (χ0n) is 14.8. The molecule has 0 saturated carbocycles. The van der Waals surface area contributed by atoms with Gasteiger partial charge in [-0.25, -0.2) is 9.37 Å². The van der Waals surface area contributed by atoms with Gasteiger partial charge in [0.05, 0.1) is 6.10 Å². The minimum Gasteiger partial charge on any atom is -0.390 e. The Morgan fingerprint density at radius 2 is 2.04 bits per heavy atom. The number of rotatable bonds is 5. The maximum absolute atomic E-state index is 13.2. The van der Waals surface area contributed by atoms with E-state index >= 15 is 0 Å². The zero-order valence-corrected chi connectivity index (χ0v) is 14.8. The molecule has 4 rings (SSSR count). The summed E-state index contributed by atoms with van der Waals surface area (Å²) in [6.07, 6.45) is 3.03. The SMILES string of the molecule is O=C(NC[C@@H](O)CN1CCc2ccccc2C1)c1cn2cc(F)ccc2n1. The van der Waals surface area contributed by atoms with Gasteiger partial charge < -0.3 is 14.8 Å². The summed E-state index contributed by atoms with van der Waals surface area (Å²) in [6.45, 7) is 2.32. The summed E-state index contributed by atoms with van der Waals surface area (Å²) in [5.41, 5.74) is 3.34. The van der Waals surface area contributed by atoms with E-state index in [0.29, 0.717) is 12.2 Å². The quantitative estimate of drug-likeness (QED) is 0.718. The molecule has 7 heteroatoms. The van der Waals surface area contributed by atoms with Gasteiger partial charge in [0, 0.05) is 38.6 Å². The second kappa shape index (κ2) is 7.46. The van der Waals surface area contributed by atoms with E-state index in [4.69, 9.17) is 0 Å². The van der Waals surface area contributed by atoms with Crippen LogP contribution >= 0.6 is 0 Å². The van der Waals surface area contributed by atoms with Crippen LogP contribution in [0.25, 0.3) is 5.65 Å². The van der Waals surface area contributed by atoms with Crippen LogP contribution < -0.4 is 5.32 Å². The number of nitrogens with one attached hydrogen (secondary N) is 1.